The van der Waals surface area contributed by atoms with Crippen LogP contribution in [0.15, 0.2) is 0 Å². The Labute approximate surface area is 76.6 Å². The molecular weight excluding hydrogens is 211 g/mol. The van der Waals surface area contributed by atoms with Gasteiger partial charge in [0.05, 0.1) is 5.25 Å². The summed E-state index contributed by atoms with van der Waals surface area (Å²) in [5, 5.41) is -1.16. The van der Waals surface area contributed by atoms with Crippen LogP contribution in [0.3, 0.4) is 0 Å². The van der Waals surface area contributed by atoms with E-state index in [2.05, 4.69) is 0 Å². The van der Waals surface area contributed by atoms with Gasteiger partial charge in [0, 0.05) is 12.3 Å². The molecule has 0 aromatic carbocycles. The summed E-state index contributed by atoms with van der Waals surface area (Å²) in [6.45, 7) is 0. The fourth-order valence-corrected chi connectivity index (χ4v) is 1.57. The van der Waals surface area contributed by atoms with E-state index in [1.165, 1.54) is 0 Å². The van der Waals surface area contributed by atoms with Crippen molar-refractivity contribution in [2.45, 2.75) is 18.1 Å². The van der Waals surface area contributed by atoms with Gasteiger partial charge < -0.3 is 0 Å². The summed E-state index contributed by atoms with van der Waals surface area (Å²) in [6.07, 6.45) is 0.271. The topological polar surface area (TPSA) is 51.2 Å². The molecule has 0 aromatic rings. The molecule has 0 saturated heterocycles. The minimum atomic E-state index is -2.54. The maximum atomic E-state index is 10.3. The third-order valence-corrected chi connectivity index (χ3v) is 2.96. The lowest BCUT2D eigenvalue weighted by Gasteiger charge is -2.01. The molecule has 3 nitrogen and oxygen atoms in total. The SMILES string of the molecule is O=C(Cl)CCC(CCl)[SH](=O)=O. The van der Waals surface area contributed by atoms with Crippen LogP contribution in [-0.4, -0.2) is 24.8 Å². The molecule has 0 aliphatic carbocycles. The lowest BCUT2D eigenvalue weighted by molar-refractivity contribution is -0.111. The second kappa shape index (κ2) is 5.80. The summed E-state index contributed by atoms with van der Waals surface area (Å²) >= 11 is 10.3. The van der Waals surface area contributed by atoms with Crippen molar-refractivity contribution in [2.24, 2.45) is 0 Å². The number of alkyl halides is 1. The fourth-order valence-electron chi connectivity index (χ4n) is 0.519. The summed E-state index contributed by atoms with van der Waals surface area (Å²) in [7, 11) is -2.54. The van der Waals surface area contributed by atoms with Crippen LogP contribution in [0, 0.1) is 0 Å². The second-order valence-corrected chi connectivity index (χ2v) is 4.02. The van der Waals surface area contributed by atoms with Crippen molar-refractivity contribution in [1.82, 2.24) is 0 Å². The van der Waals surface area contributed by atoms with Gasteiger partial charge >= 0.3 is 0 Å². The zero-order valence-electron chi connectivity index (χ0n) is 5.63. The monoisotopic (exact) mass is 218 g/mol. The van der Waals surface area contributed by atoms with E-state index in [9.17, 15) is 13.2 Å². The highest BCUT2D eigenvalue weighted by Crippen LogP contribution is 2.05. The van der Waals surface area contributed by atoms with E-state index >= 15 is 0 Å². The standard InChI is InChI=1S/C5H8Cl2O3S/c6-3-4(11(9)10)1-2-5(7)8/h4,11H,1-3H2. The zero-order chi connectivity index (χ0) is 8.85. The molecule has 0 fully saturated rings. The Hall–Kier alpha value is 0.200. The van der Waals surface area contributed by atoms with Crippen molar-refractivity contribution in [3.8, 4) is 0 Å². The minimum Gasteiger partial charge on any atom is -0.281 e. The molecule has 0 radical (unpaired) electrons. The predicted molar refractivity (Wildman–Crippen MR) is 44.9 cm³/mol. The summed E-state index contributed by atoms with van der Waals surface area (Å²) in [4.78, 5) is 10.2. The number of rotatable bonds is 5. The lowest BCUT2D eigenvalue weighted by Crippen LogP contribution is -2.12. The predicted octanol–water partition coefficient (Wildman–Crippen LogP) is 0.751. The first-order valence-electron chi connectivity index (χ1n) is 2.95. The number of hydrogen-bond acceptors (Lipinski definition) is 3. The summed E-state index contributed by atoms with van der Waals surface area (Å²) < 4.78 is 20.7. The lowest BCUT2D eigenvalue weighted by atomic mass is 10.3. The number of hydrogen-bond donors (Lipinski definition) is 1. The highest BCUT2D eigenvalue weighted by atomic mass is 35.5. The number of carbonyl (C=O) groups is 1. The van der Waals surface area contributed by atoms with Gasteiger partial charge in [-0.2, -0.15) is 0 Å². The second-order valence-electron chi connectivity index (χ2n) is 1.99. The van der Waals surface area contributed by atoms with Gasteiger partial charge in [-0.15, -0.1) is 11.6 Å². The smallest absolute Gasteiger partial charge is 0.221 e. The summed E-state index contributed by atoms with van der Waals surface area (Å²) in [5.74, 6) is 0.0167. The first-order chi connectivity index (χ1) is 5.07. The molecule has 0 amide bonds. The van der Waals surface area contributed by atoms with Crippen LogP contribution in [0.25, 0.3) is 0 Å². The minimum absolute atomic E-state index is 0.0167. The molecule has 0 saturated carbocycles. The molecule has 0 N–H and O–H groups in total. The van der Waals surface area contributed by atoms with Crippen molar-refractivity contribution in [1.29, 1.82) is 0 Å². The van der Waals surface area contributed by atoms with Gasteiger partial charge in [0.15, 0.2) is 0 Å². The normalized spacial score (nSPS) is 13.4. The Bertz CT molecular complexity index is 194. The van der Waals surface area contributed by atoms with E-state index in [4.69, 9.17) is 23.2 Å². The molecule has 66 valence electrons. The number of carbonyl (C=O) groups excluding carboxylic acids is 1. The molecule has 0 spiro atoms. The molecule has 1 atom stereocenters. The van der Waals surface area contributed by atoms with Crippen LogP contribution < -0.4 is 0 Å². The quantitative estimate of drug-likeness (QED) is 0.421. The summed E-state index contributed by atoms with van der Waals surface area (Å²) in [5.41, 5.74) is 0. The van der Waals surface area contributed by atoms with E-state index in [0.717, 1.165) is 0 Å². The van der Waals surface area contributed by atoms with Crippen molar-refractivity contribution in [3.05, 3.63) is 0 Å². The first-order valence-corrected chi connectivity index (χ1v) is 5.11. The van der Waals surface area contributed by atoms with Crippen LogP contribution in [0.5, 0.6) is 0 Å². The highest BCUT2D eigenvalue weighted by Gasteiger charge is 2.11. The molecule has 11 heavy (non-hydrogen) atoms. The van der Waals surface area contributed by atoms with Gasteiger partial charge in [0.1, 0.15) is 10.7 Å². The van der Waals surface area contributed by atoms with Crippen molar-refractivity contribution in [3.63, 3.8) is 0 Å². The Morgan fingerprint density at radius 3 is 2.27 bits per heavy atom. The Balaban J connectivity index is 3.79. The number of thiol groups is 1. The van der Waals surface area contributed by atoms with Gasteiger partial charge in [-0.25, -0.2) is 8.42 Å². The highest BCUT2D eigenvalue weighted by molar-refractivity contribution is 7.73. The van der Waals surface area contributed by atoms with Crippen LogP contribution in [0.1, 0.15) is 12.8 Å². The third kappa shape index (κ3) is 5.47. The molecule has 0 rings (SSSR count). The van der Waals surface area contributed by atoms with Gasteiger partial charge in [0.2, 0.25) is 5.24 Å². The van der Waals surface area contributed by atoms with E-state index in [0.29, 0.717) is 0 Å². The van der Waals surface area contributed by atoms with Crippen LogP contribution in [0.4, 0.5) is 0 Å². The van der Waals surface area contributed by atoms with Crippen molar-refractivity contribution < 1.29 is 13.2 Å². The van der Waals surface area contributed by atoms with E-state index in [-0.39, 0.29) is 18.7 Å². The molecule has 0 heterocycles. The average Bonchev–Trinajstić information content (AvgIpc) is 1.87. The van der Waals surface area contributed by atoms with E-state index in [1.54, 1.807) is 0 Å². The van der Waals surface area contributed by atoms with E-state index < -0.39 is 21.2 Å². The van der Waals surface area contributed by atoms with Gasteiger partial charge in [-0.05, 0) is 18.0 Å². The summed E-state index contributed by atoms with van der Waals surface area (Å²) in [6, 6.07) is 0. The Morgan fingerprint density at radius 1 is 1.45 bits per heavy atom. The molecule has 0 aromatic heterocycles. The maximum absolute atomic E-state index is 10.3. The van der Waals surface area contributed by atoms with Gasteiger partial charge in [-0.1, -0.05) is 0 Å². The molecular formula is C5H8Cl2O3S. The van der Waals surface area contributed by atoms with Crippen LogP contribution in [-0.2, 0) is 15.5 Å². The maximum Gasteiger partial charge on any atom is 0.221 e. The molecule has 0 aliphatic heterocycles. The molecule has 1 unspecified atom stereocenters. The largest absolute Gasteiger partial charge is 0.281 e. The van der Waals surface area contributed by atoms with E-state index in [1.807, 2.05) is 0 Å². The zero-order valence-corrected chi connectivity index (χ0v) is 8.03. The van der Waals surface area contributed by atoms with Crippen molar-refractivity contribution >= 4 is 39.1 Å². The van der Waals surface area contributed by atoms with Crippen LogP contribution >= 0.6 is 23.2 Å². The Kier molecular flexibility index (Phi) is 5.91. The van der Waals surface area contributed by atoms with Gasteiger partial charge in [0.25, 0.3) is 0 Å². The third-order valence-electron chi connectivity index (χ3n) is 1.15. The molecule has 0 bridgehead atoms. The fraction of sp³-hybridized carbons (Fsp3) is 0.800. The van der Waals surface area contributed by atoms with Crippen molar-refractivity contribution in [2.75, 3.05) is 5.88 Å². The number of halogens is 2. The molecule has 6 heteroatoms. The van der Waals surface area contributed by atoms with Gasteiger partial charge in [-0.3, -0.25) is 4.79 Å². The molecule has 0 aliphatic rings. The first kappa shape index (κ1) is 11.2. The average molecular weight is 219 g/mol. The Morgan fingerprint density at radius 2 is 2.00 bits per heavy atom. The van der Waals surface area contributed by atoms with Crippen LogP contribution in [0.2, 0.25) is 0 Å².